The highest BCUT2D eigenvalue weighted by Crippen LogP contribution is 2.29. The summed E-state index contributed by atoms with van der Waals surface area (Å²) in [4.78, 5) is 0. The molecule has 0 amide bonds. The van der Waals surface area contributed by atoms with E-state index in [1.54, 1.807) is 18.2 Å². The predicted molar refractivity (Wildman–Crippen MR) is 82.8 cm³/mol. The minimum atomic E-state index is -0.349. The van der Waals surface area contributed by atoms with Crippen LogP contribution in [-0.4, -0.2) is 6.54 Å². The van der Waals surface area contributed by atoms with E-state index < -0.39 is 0 Å². The Hall–Kier alpha value is -1.38. The Morgan fingerprint density at radius 3 is 2.55 bits per heavy atom. The van der Waals surface area contributed by atoms with E-state index in [0.29, 0.717) is 5.56 Å². The fourth-order valence-corrected chi connectivity index (χ4v) is 2.48. The number of hydrogen-bond donors (Lipinski definition) is 1. The summed E-state index contributed by atoms with van der Waals surface area (Å²) in [5.74, 6) is -0.349. The predicted octanol–water partition coefficient (Wildman–Crippen LogP) is 4.79. The van der Waals surface area contributed by atoms with Crippen LogP contribution in [0.2, 0.25) is 5.02 Å². The quantitative estimate of drug-likeness (QED) is 0.853. The van der Waals surface area contributed by atoms with Crippen LogP contribution in [-0.2, 0) is 0 Å². The summed E-state index contributed by atoms with van der Waals surface area (Å²) in [5, 5.41) is 3.49. The number of aryl methyl sites for hydroxylation is 2. The van der Waals surface area contributed by atoms with Crippen molar-refractivity contribution in [2.45, 2.75) is 26.8 Å². The van der Waals surface area contributed by atoms with Gasteiger partial charge in [-0.25, -0.2) is 4.39 Å². The molecule has 1 N–H and O–H groups in total. The summed E-state index contributed by atoms with van der Waals surface area (Å²) < 4.78 is 14.3. The normalized spacial score (nSPS) is 12.4. The molecule has 2 rings (SSSR count). The summed E-state index contributed by atoms with van der Waals surface area (Å²) in [5.41, 5.74) is 4.07. The Bertz CT molecular complexity index is 610. The summed E-state index contributed by atoms with van der Waals surface area (Å²) in [6.07, 6.45) is 0. The Labute approximate surface area is 124 Å². The second-order valence-electron chi connectivity index (χ2n) is 4.98. The fourth-order valence-electron chi connectivity index (χ4n) is 2.30. The lowest BCUT2D eigenvalue weighted by molar-refractivity contribution is 0.559. The van der Waals surface area contributed by atoms with E-state index in [4.69, 9.17) is 11.6 Å². The lowest BCUT2D eigenvalue weighted by Crippen LogP contribution is -2.23. The monoisotopic (exact) mass is 291 g/mol. The molecule has 3 heteroatoms. The molecule has 1 atom stereocenters. The first-order chi connectivity index (χ1) is 9.54. The third-order valence-corrected chi connectivity index (χ3v) is 3.86. The average molecular weight is 292 g/mol. The molecule has 1 unspecified atom stereocenters. The molecule has 2 aromatic carbocycles. The van der Waals surface area contributed by atoms with Crippen molar-refractivity contribution in [1.29, 1.82) is 0 Å². The second kappa shape index (κ2) is 6.38. The number of halogens is 2. The molecule has 0 aliphatic carbocycles. The minimum Gasteiger partial charge on any atom is -0.306 e. The molecular weight excluding hydrogens is 273 g/mol. The van der Waals surface area contributed by atoms with Crippen LogP contribution >= 0.6 is 11.6 Å². The van der Waals surface area contributed by atoms with Crippen molar-refractivity contribution in [3.63, 3.8) is 0 Å². The molecule has 20 heavy (non-hydrogen) atoms. The van der Waals surface area contributed by atoms with E-state index in [-0.39, 0.29) is 16.9 Å². The number of hydrogen-bond acceptors (Lipinski definition) is 1. The van der Waals surface area contributed by atoms with E-state index >= 15 is 0 Å². The first kappa shape index (κ1) is 15.0. The maximum atomic E-state index is 14.3. The van der Waals surface area contributed by atoms with Crippen LogP contribution in [0.15, 0.2) is 36.4 Å². The highest BCUT2D eigenvalue weighted by Gasteiger charge is 2.18. The van der Waals surface area contributed by atoms with E-state index in [9.17, 15) is 4.39 Å². The first-order valence-electron chi connectivity index (χ1n) is 6.79. The number of nitrogens with one attached hydrogen (secondary N) is 1. The minimum absolute atomic E-state index is 0.161. The molecule has 0 fully saturated rings. The maximum Gasteiger partial charge on any atom is 0.146 e. The summed E-state index contributed by atoms with van der Waals surface area (Å²) in [7, 11) is 0. The Kier molecular flexibility index (Phi) is 4.79. The Morgan fingerprint density at radius 2 is 1.90 bits per heavy atom. The fraction of sp³-hybridized carbons (Fsp3) is 0.294. The van der Waals surface area contributed by atoms with Crippen molar-refractivity contribution in [1.82, 2.24) is 5.32 Å². The van der Waals surface area contributed by atoms with E-state index in [2.05, 4.69) is 31.3 Å². The Morgan fingerprint density at radius 1 is 1.15 bits per heavy atom. The SMILES string of the molecule is CCNC(c1ccc(C)c(C)c1)c1cccc(Cl)c1F. The molecule has 0 saturated carbocycles. The van der Waals surface area contributed by atoms with Crippen LogP contribution in [0, 0.1) is 19.7 Å². The molecule has 0 heterocycles. The highest BCUT2D eigenvalue weighted by atomic mass is 35.5. The molecule has 2 aromatic rings. The van der Waals surface area contributed by atoms with Crippen LogP contribution < -0.4 is 5.32 Å². The van der Waals surface area contributed by atoms with Gasteiger partial charge in [-0.05, 0) is 43.1 Å². The molecule has 0 saturated heterocycles. The molecular formula is C17H19ClFN. The molecule has 0 spiro atoms. The zero-order chi connectivity index (χ0) is 14.7. The molecule has 106 valence electrons. The van der Waals surface area contributed by atoms with E-state index in [1.165, 1.54) is 11.1 Å². The summed E-state index contributed by atoms with van der Waals surface area (Å²) in [6, 6.07) is 11.2. The zero-order valence-electron chi connectivity index (χ0n) is 12.0. The van der Waals surface area contributed by atoms with Gasteiger partial charge in [-0.3, -0.25) is 0 Å². The lowest BCUT2D eigenvalue weighted by Gasteiger charge is -2.21. The van der Waals surface area contributed by atoms with Crippen LogP contribution in [0.4, 0.5) is 4.39 Å². The van der Waals surface area contributed by atoms with Crippen LogP contribution in [0.3, 0.4) is 0 Å². The van der Waals surface area contributed by atoms with Gasteiger partial charge >= 0.3 is 0 Å². The van der Waals surface area contributed by atoms with Crippen molar-refractivity contribution in [2.75, 3.05) is 6.54 Å². The highest BCUT2D eigenvalue weighted by molar-refractivity contribution is 6.30. The summed E-state index contributed by atoms with van der Waals surface area (Å²) in [6.45, 7) is 6.90. The van der Waals surface area contributed by atoms with Gasteiger partial charge in [0.05, 0.1) is 11.1 Å². The van der Waals surface area contributed by atoms with Crippen molar-refractivity contribution in [3.05, 3.63) is 69.5 Å². The zero-order valence-corrected chi connectivity index (χ0v) is 12.8. The molecule has 0 aromatic heterocycles. The molecule has 0 aliphatic rings. The molecule has 1 nitrogen and oxygen atoms in total. The van der Waals surface area contributed by atoms with Crippen molar-refractivity contribution >= 4 is 11.6 Å². The summed E-state index contributed by atoms with van der Waals surface area (Å²) >= 11 is 5.90. The largest absolute Gasteiger partial charge is 0.306 e. The second-order valence-corrected chi connectivity index (χ2v) is 5.38. The Balaban J connectivity index is 2.50. The first-order valence-corrected chi connectivity index (χ1v) is 7.16. The van der Waals surface area contributed by atoms with Gasteiger partial charge in [-0.1, -0.05) is 48.9 Å². The standard InChI is InChI=1S/C17H19ClFN/c1-4-20-17(13-9-8-11(2)12(3)10-13)14-6-5-7-15(18)16(14)19/h5-10,17,20H,4H2,1-3H3. The topological polar surface area (TPSA) is 12.0 Å². The van der Waals surface area contributed by atoms with Gasteiger partial charge in [0.2, 0.25) is 0 Å². The van der Waals surface area contributed by atoms with Crippen LogP contribution in [0.25, 0.3) is 0 Å². The average Bonchev–Trinajstić information content (AvgIpc) is 2.43. The third kappa shape index (κ3) is 3.02. The number of rotatable bonds is 4. The van der Waals surface area contributed by atoms with E-state index in [0.717, 1.165) is 12.1 Å². The number of benzene rings is 2. The smallest absolute Gasteiger partial charge is 0.146 e. The van der Waals surface area contributed by atoms with E-state index in [1.807, 2.05) is 13.0 Å². The molecule has 0 bridgehead atoms. The van der Waals surface area contributed by atoms with Gasteiger partial charge in [0.1, 0.15) is 5.82 Å². The van der Waals surface area contributed by atoms with Crippen LogP contribution in [0.5, 0.6) is 0 Å². The van der Waals surface area contributed by atoms with Crippen LogP contribution in [0.1, 0.15) is 35.2 Å². The van der Waals surface area contributed by atoms with Gasteiger partial charge < -0.3 is 5.32 Å². The lowest BCUT2D eigenvalue weighted by atomic mass is 9.95. The van der Waals surface area contributed by atoms with Crippen molar-refractivity contribution < 1.29 is 4.39 Å². The van der Waals surface area contributed by atoms with Gasteiger partial charge in [-0.2, -0.15) is 0 Å². The molecule has 0 aliphatic heterocycles. The van der Waals surface area contributed by atoms with Crippen molar-refractivity contribution in [3.8, 4) is 0 Å². The van der Waals surface area contributed by atoms with Gasteiger partial charge in [0, 0.05) is 5.56 Å². The van der Waals surface area contributed by atoms with Gasteiger partial charge in [-0.15, -0.1) is 0 Å². The van der Waals surface area contributed by atoms with Gasteiger partial charge in [0.15, 0.2) is 0 Å². The van der Waals surface area contributed by atoms with Crippen molar-refractivity contribution in [2.24, 2.45) is 0 Å². The maximum absolute atomic E-state index is 14.3. The molecule has 0 radical (unpaired) electrons. The van der Waals surface area contributed by atoms with Gasteiger partial charge in [0.25, 0.3) is 0 Å². The third-order valence-electron chi connectivity index (χ3n) is 3.57.